The Morgan fingerprint density at radius 1 is 1.24 bits per heavy atom. The molecular formula is C15H26N4O2. The molecule has 0 saturated carbocycles. The van der Waals surface area contributed by atoms with Crippen LogP contribution in [0.3, 0.4) is 0 Å². The van der Waals surface area contributed by atoms with E-state index in [2.05, 4.69) is 29.3 Å². The van der Waals surface area contributed by atoms with Gasteiger partial charge in [-0.3, -0.25) is 16.2 Å². The van der Waals surface area contributed by atoms with Crippen LogP contribution in [0.1, 0.15) is 11.6 Å². The third-order valence-electron chi connectivity index (χ3n) is 4.24. The minimum Gasteiger partial charge on any atom is -0.497 e. The summed E-state index contributed by atoms with van der Waals surface area (Å²) in [4.78, 5) is 4.67. The number of hydrazine groups is 1. The molecule has 1 saturated heterocycles. The second-order valence-corrected chi connectivity index (χ2v) is 5.56. The van der Waals surface area contributed by atoms with Crippen molar-refractivity contribution in [2.45, 2.75) is 12.1 Å². The third-order valence-corrected chi connectivity index (χ3v) is 4.24. The Balaban J connectivity index is 2.31. The topological polar surface area (TPSA) is 63.0 Å². The van der Waals surface area contributed by atoms with Crippen LogP contribution in [0.2, 0.25) is 0 Å². The molecule has 0 aromatic heterocycles. The maximum absolute atomic E-state index is 5.86. The van der Waals surface area contributed by atoms with E-state index in [1.807, 2.05) is 18.2 Å². The highest BCUT2D eigenvalue weighted by atomic mass is 16.5. The van der Waals surface area contributed by atoms with Gasteiger partial charge in [-0.1, -0.05) is 0 Å². The van der Waals surface area contributed by atoms with Gasteiger partial charge in [0, 0.05) is 37.3 Å². The van der Waals surface area contributed by atoms with Crippen LogP contribution >= 0.6 is 0 Å². The van der Waals surface area contributed by atoms with Crippen LogP contribution in [-0.4, -0.2) is 63.8 Å². The Labute approximate surface area is 126 Å². The molecule has 21 heavy (non-hydrogen) atoms. The van der Waals surface area contributed by atoms with Crippen LogP contribution in [0.4, 0.5) is 0 Å². The molecule has 1 aliphatic rings. The highest BCUT2D eigenvalue weighted by Crippen LogP contribution is 2.32. The quantitative estimate of drug-likeness (QED) is 0.607. The Bertz CT molecular complexity index is 469. The number of nitrogens with zero attached hydrogens (tertiary/aromatic N) is 2. The second kappa shape index (κ2) is 7.09. The lowest BCUT2D eigenvalue weighted by Gasteiger charge is -2.42. The molecule has 6 nitrogen and oxygen atoms in total. The van der Waals surface area contributed by atoms with Crippen molar-refractivity contribution in [2.24, 2.45) is 5.84 Å². The van der Waals surface area contributed by atoms with E-state index >= 15 is 0 Å². The SMILES string of the molecule is COc1ccc(C(NN)C2CN(C)CCN2C)c(OC)c1. The summed E-state index contributed by atoms with van der Waals surface area (Å²) in [6, 6.07) is 6.14. The van der Waals surface area contributed by atoms with E-state index in [4.69, 9.17) is 15.3 Å². The first-order valence-corrected chi connectivity index (χ1v) is 7.17. The Kier molecular flexibility index (Phi) is 5.41. The Hall–Kier alpha value is -1.34. The van der Waals surface area contributed by atoms with Gasteiger partial charge < -0.3 is 14.4 Å². The molecule has 0 bridgehead atoms. The molecule has 0 aliphatic carbocycles. The molecule has 3 N–H and O–H groups in total. The van der Waals surface area contributed by atoms with Gasteiger partial charge in [-0.15, -0.1) is 0 Å². The molecule has 2 rings (SSSR count). The van der Waals surface area contributed by atoms with Crippen molar-refractivity contribution in [3.63, 3.8) is 0 Å². The molecule has 1 aliphatic heterocycles. The van der Waals surface area contributed by atoms with E-state index in [9.17, 15) is 0 Å². The summed E-state index contributed by atoms with van der Waals surface area (Å²) in [5, 5.41) is 0. The number of hydrogen-bond donors (Lipinski definition) is 2. The molecular weight excluding hydrogens is 268 g/mol. The molecule has 1 aromatic carbocycles. The summed E-state index contributed by atoms with van der Waals surface area (Å²) in [5.74, 6) is 7.42. The minimum atomic E-state index is -0.00129. The van der Waals surface area contributed by atoms with Crippen molar-refractivity contribution in [3.05, 3.63) is 23.8 Å². The Morgan fingerprint density at radius 3 is 2.62 bits per heavy atom. The maximum Gasteiger partial charge on any atom is 0.127 e. The molecule has 1 aromatic rings. The van der Waals surface area contributed by atoms with E-state index in [1.54, 1.807) is 14.2 Å². The van der Waals surface area contributed by atoms with Crippen molar-refractivity contribution in [1.29, 1.82) is 0 Å². The molecule has 2 unspecified atom stereocenters. The number of nitrogens with two attached hydrogens (primary N) is 1. The van der Waals surface area contributed by atoms with E-state index in [0.717, 1.165) is 36.7 Å². The van der Waals surface area contributed by atoms with Crippen LogP contribution in [0.25, 0.3) is 0 Å². The molecule has 1 fully saturated rings. The number of nitrogens with one attached hydrogen (secondary N) is 1. The zero-order valence-corrected chi connectivity index (χ0v) is 13.3. The first-order chi connectivity index (χ1) is 10.1. The zero-order valence-electron chi connectivity index (χ0n) is 13.3. The van der Waals surface area contributed by atoms with Crippen LogP contribution in [-0.2, 0) is 0 Å². The fourth-order valence-corrected chi connectivity index (χ4v) is 2.89. The van der Waals surface area contributed by atoms with Crippen LogP contribution in [0.5, 0.6) is 11.5 Å². The van der Waals surface area contributed by atoms with E-state index < -0.39 is 0 Å². The smallest absolute Gasteiger partial charge is 0.127 e. The van der Waals surface area contributed by atoms with Crippen LogP contribution in [0.15, 0.2) is 18.2 Å². The third kappa shape index (κ3) is 3.47. The predicted molar refractivity (Wildman–Crippen MR) is 83.5 cm³/mol. The van der Waals surface area contributed by atoms with Gasteiger partial charge in [0.15, 0.2) is 0 Å². The minimum absolute atomic E-state index is 0.00129. The van der Waals surface area contributed by atoms with Crippen LogP contribution < -0.4 is 20.7 Å². The molecule has 0 amide bonds. The number of rotatable bonds is 5. The van der Waals surface area contributed by atoms with Gasteiger partial charge in [-0.05, 0) is 26.2 Å². The van der Waals surface area contributed by atoms with Gasteiger partial charge in [0.25, 0.3) is 0 Å². The summed E-state index contributed by atoms with van der Waals surface area (Å²) in [5.41, 5.74) is 4.01. The molecule has 2 atom stereocenters. The number of piperazine rings is 1. The van der Waals surface area contributed by atoms with E-state index in [0.29, 0.717) is 0 Å². The average molecular weight is 294 g/mol. The van der Waals surface area contributed by atoms with Crippen molar-refractivity contribution in [1.82, 2.24) is 15.2 Å². The number of methoxy groups -OCH3 is 2. The van der Waals surface area contributed by atoms with Gasteiger partial charge >= 0.3 is 0 Å². The molecule has 6 heteroatoms. The van der Waals surface area contributed by atoms with Gasteiger partial charge in [-0.25, -0.2) is 0 Å². The summed E-state index contributed by atoms with van der Waals surface area (Å²) >= 11 is 0. The fourth-order valence-electron chi connectivity index (χ4n) is 2.89. The van der Waals surface area contributed by atoms with Gasteiger partial charge in [0.05, 0.1) is 20.3 Å². The summed E-state index contributed by atoms with van der Waals surface area (Å²) in [7, 11) is 7.59. The molecule has 0 radical (unpaired) electrons. The van der Waals surface area contributed by atoms with Crippen molar-refractivity contribution in [2.75, 3.05) is 47.9 Å². The first-order valence-electron chi connectivity index (χ1n) is 7.17. The normalized spacial score (nSPS) is 22.0. The maximum atomic E-state index is 5.86. The lowest BCUT2D eigenvalue weighted by atomic mass is 9.96. The summed E-state index contributed by atoms with van der Waals surface area (Å²) < 4.78 is 10.8. The number of hydrogen-bond acceptors (Lipinski definition) is 6. The molecule has 118 valence electrons. The monoisotopic (exact) mass is 294 g/mol. The average Bonchev–Trinajstić information content (AvgIpc) is 2.51. The van der Waals surface area contributed by atoms with E-state index in [-0.39, 0.29) is 12.1 Å². The predicted octanol–water partition coefficient (Wildman–Crippen LogP) is 0.454. The first kappa shape index (κ1) is 16.0. The summed E-state index contributed by atoms with van der Waals surface area (Å²) in [6.45, 7) is 3.06. The fraction of sp³-hybridized carbons (Fsp3) is 0.600. The number of ether oxygens (including phenoxy) is 2. The van der Waals surface area contributed by atoms with Crippen molar-refractivity contribution >= 4 is 0 Å². The second-order valence-electron chi connectivity index (χ2n) is 5.56. The lowest BCUT2D eigenvalue weighted by Crippen LogP contribution is -2.56. The Morgan fingerprint density at radius 2 is 2.00 bits per heavy atom. The van der Waals surface area contributed by atoms with Crippen molar-refractivity contribution < 1.29 is 9.47 Å². The van der Waals surface area contributed by atoms with Crippen molar-refractivity contribution in [3.8, 4) is 11.5 Å². The highest BCUT2D eigenvalue weighted by Gasteiger charge is 2.32. The summed E-state index contributed by atoms with van der Waals surface area (Å²) in [6.07, 6.45) is 0. The molecule has 0 spiro atoms. The van der Waals surface area contributed by atoms with Gasteiger partial charge in [-0.2, -0.15) is 0 Å². The van der Waals surface area contributed by atoms with E-state index in [1.165, 1.54) is 0 Å². The standard InChI is InChI=1S/C15H26N4O2/c1-18-7-8-19(2)13(10-18)15(17-16)12-6-5-11(20-3)9-14(12)21-4/h5-6,9,13,15,17H,7-8,10,16H2,1-4H3. The zero-order chi connectivity index (χ0) is 15.4. The van der Waals surface area contributed by atoms with Gasteiger partial charge in [0.2, 0.25) is 0 Å². The van der Waals surface area contributed by atoms with Crippen LogP contribution in [0, 0.1) is 0 Å². The lowest BCUT2D eigenvalue weighted by molar-refractivity contribution is 0.0869. The number of benzene rings is 1. The highest BCUT2D eigenvalue weighted by molar-refractivity contribution is 5.43. The molecule has 1 heterocycles. The van der Waals surface area contributed by atoms with Gasteiger partial charge in [0.1, 0.15) is 11.5 Å². The number of likely N-dealkylation sites (N-methyl/N-ethyl adjacent to an activating group) is 2. The largest absolute Gasteiger partial charge is 0.497 e.